The van der Waals surface area contributed by atoms with E-state index in [9.17, 15) is 9.59 Å². The second-order valence-electron chi connectivity index (χ2n) is 11.2. The number of nitrogens with zero attached hydrogens (tertiary/aromatic N) is 2. The molecule has 6 rings (SSSR count). The zero-order chi connectivity index (χ0) is 26.8. The van der Waals surface area contributed by atoms with E-state index >= 15 is 0 Å². The first-order valence-corrected chi connectivity index (χ1v) is 14.0. The Balaban J connectivity index is 0.980. The third-order valence-electron chi connectivity index (χ3n) is 8.70. The summed E-state index contributed by atoms with van der Waals surface area (Å²) >= 11 is 0. The van der Waals surface area contributed by atoms with Gasteiger partial charge in [0.15, 0.2) is 0 Å². The molecule has 3 aromatic carbocycles. The molecule has 1 heterocycles. The van der Waals surface area contributed by atoms with Gasteiger partial charge in [0, 0.05) is 43.1 Å². The smallest absolute Gasteiger partial charge is 0.323 e. The SMILES string of the molecule is CN(C(=O)C1CC2CC[C@@H]1C2)C1CCN(c2ccc(NC(=O)Nc3ccc(Oc4ccccc4)cc3)cc2)C1. The highest BCUT2D eigenvalue weighted by Crippen LogP contribution is 2.49. The molecule has 2 aliphatic carbocycles. The molecule has 0 radical (unpaired) electrons. The van der Waals surface area contributed by atoms with Crippen molar-refractivity contribution in [3.8, 4) is 11.5 Å². The van der Waals surface area contributed by atoms with Crippen LogP contribution in [-0.2, 0) is 4.79 Å². The lowest BCUT2D eigenvalue weighted by Crippen LogP contribution is -2.43. The Morgan fingerprint density at radius 2 is 1.49 bits per heavy atom. The maximum absolute atomic E-state index is 13.2. The Bertz CT molecular complexity index is 1300. The first-order chi connectivity index (χ1) is 19.0. The fourth-order valence-corrected chi connectivity index (χ4v) is 6.56. The molecule has 3 fully saturated rings. The molecule has 3 unspecified atom stereocenters. The molecule has 3 aliphatic rings. The molecular formula is C32H36N4O3. The van der Waals surface area contributed by atoms with Crippen molar-refractivity contribution in [3.63, 3.8) is 0 Å². The molecule has 2 N–H and O–H groups in total. The summed E-state index contributed by atoms with van der Waals surface area (Å²) < 4.78 is 5.80. The highest BCUT2D eigenvalue weighted by molar-refractivity contribution is 5.99. The van der Waals surface area contributed by atoms with Gasteiger partial charge in [0.2, 0.25) is 5.91 Å². The molecule has 202 valence electrons. The predicted octanol–water partition coefficient (Wildman–Crippen LogP) is 6.60. The van der Waals surface area contributed by atoms with E-state index in [0.29, 0.717) is 23.3 Å². The maximum atomic E-state index is 13.2. The zero-order valence-corrected chi connectivity index (χ0v) is 22.4. The summed E-state index contributed by atoms with van der Waals surface area (Å²) in [5.41, 5.74) is 2.51. The third kappa shape index (κ3) is 5.72. The lowest BCUT2D eigenvalue weighted by molar-refractivity contribution is -0.137. The number of ether oxygens (including phenoxy) is 1. The van der Waals surface area contributed by atoms with Crippen molar-refractivity contribution >= 4 is 29.0 Å². The largest absolute Gasteiger partial charge is 0.457 e. The van der Waals surface area contributed by atoms with Gasteiger partial charge < -0.3 is 25.2 Å². The van der Waals surface area contributed by atoms with E-state index in [-0.39, 0.29) is 18.0 Å². The summed E-state index contributed by atoms with van der Waals surface area (Å²) in [7, 11) is 2.00. The van der Waals surface area contributed by atoms with Crippen LogP contribution in [0.1, 0.15) is 32.1 Å². The summed E-state index contributed by atoms with van der Waals surface area (Å²) in [4.78, 5) is 30.1. The van der Waals surface area contributed by atoms with Crippen LogP contribution < -0.4 is 20.3 Å². The van der Waals surface area contributed by atoms with Crippen molar-refractivity contribution in [2.24, 2.45) is 17.8 Å². The van der Waals surface area contributed by atoms with Gasteiger partial charge >= 0.3 is 6.03 Å². The van der Waals surface area contributed by atoms with Crippen LogP contribution in [0.3, 0.4) is 0 Å². The number of rotatable bonds is 7. The highest BCUT2D eigenvalue weighted by Gasteiger charge is 2.45. The van der Waals surface area contributed by atoms with Crippen molar-refractivity contribution in [1.82, 2.24) is 4.90 Å². The van der Waals surface area contributed by atoms with Crippen molar-refractivity contribution in [1.29, 1.82) is 0 Å². The summed E-state index contributed by atoms with van der Waals surface area (Å²) in [6, 6.07) is 24.7. The number of hydrogen-bond donors (Lipinski definition) is 2. The van der Waals surface area contributed by atoms with Crippen LogP contribution in [-0.4, -0.2) is 43.0 Å². The number of amides is 3. The van der Waals surface area contributed by atoms with E-state index in [1.54, 1.807) is 0 Å². The Labute approximate surface area is 230 Å². The van der Waals surface area contributed by atoms with Gasteiger partial charge in [-0.3, -0.25) is 4.79 Å². The highest BCUT2D eigenvalue weighted by atomic mass is 16.5. The molecular weight excluding hydrogens is 488 g/mol. The second kappa shape index (κ2) is 11.0. The molecule has 1 aliphatic heterocycles. The fourth-order valence-electron chi connectivity index (χ4n) is 6.56. The monoisotopic (exact) mass is 524 g/mol. The first-order valence-electron chi connectivity index (χ1n) is 14.0. The van der Waals surface area contributed by atoms with Crippen LogP contribution >= 0.6 is 0 Å². The van der Waals surface area contributed by atoms with Crippen LogP contribution in [0, 0.1) is 17.8 Å². The maximum Gasteiger partial charge on any atom is 0.323 e. The number of para-hydroxylation sites is 1. The van der Waals surface area contributed by atoms with Crippen LogP contribution in [0.5, 0.6) is 11.5 Å². The molecule has 2 saturated carbocycles. The Hall–Kier alpha value is -4.00. The number of hydrogen-bond acceptors (Lipinski definition) is 4. The molecule has 7 heteroatoms. The molecule has 2 bridgehead atoms. The zero-order valence-electron chi connectivity index (χ0n) is 22.4. The van der Waals surface area contributed by atoms with Crippen LogP contribution in [0.15, 0.2) is 78.9 Å². The van der Waals surface area contributed by atoms with E-state index in [0.717, 1.165) is 49.0 Å². The van der Waals surface area contributed by atoms with E-state index in [4.69, 9.17) is 4.74 Å². The lowest BCUT2D eigenvalue weighted by Gasteiger charge is -2.31. The van der Waals surface area contributed by atoms with Gasteiger partial charge in [-0.25, -0.2) is 4.79 Å². The molecule has 0 aromatic heterocycles. The number of likely N-dealkylation sites (N-methyl/N-ethyl adjacent to an activating group) is 1. The number of carbonyl (C=O) groups is 2. The molecule has 7 nitrogen and oxygen atoms in total. The molecule has 39 heavy (non-hydrogen) atoms. The molecule has 3 aromatic rings. The predicted molar refractivity (Wildman–Crippen MR) is 154 cm³/mol. The van der Waals surface area contributed by atoms with Crippen molar-refractivity contribution in [2.45, 2.75) is 38.1 Å². The lowest BCUT2D eigenvalue weighted by atomic mass is 9.87. The van der Waals surface area contributed by atoms with Gasteiger partial charge in [0.1, 0.15) is 11.5 Å². The van der Waals surface area contributed by atoms with Gasteiger partial charge in [0.05, 0.1) is 6.04 Å². The quantitative estimate of drug-likeness (QED) is 0.365. The average molecular weight is 525 g/mol. The summed E-state index contributed by atoms with van der Waals surface area (Å²) in [6.07, 6.45) is 5.90. The van der Waals surface area contributed by atoms with E-state index in [2.05, 4.69) is 15.5 Å². The van der Waals surface area contributed by atoms with Crippen molar-refractivity contribution in [3.05, 3.63) is 78.9 Å². The number of fused-ring (bicyclic) bond motifs is 2. The Kier molecular flexibility index (Phi) is 7.14. The van der Waals surface area contributed by atoms with Gasteiger partial charge in [-0.05, 0) is 98.2 Å². The van der Waals surface area contributed by atoms with Gasteiger partial charge in [-0.1, -0.05) is 24.6 Å². The molecule has 4 atom stereocenters. The number of nitrogens with one attached hydrogen (secondary N) is 2. The summed E-state index contributed by atoms with van der Waals surface area (Å²) in [6.45, 7) is 1.77. The second-order valence-corrected chi connectivity index (χ2v) is 11.2. The first kappa shape index (κ1) is 25.3. The Morgan fingerprint density at radius 1 is 0.821 bits per heavy atom. The standard InChI is InChI=1S/C32H36N4O3/c1-35(31(37)30-20-22-7-8-23(30)19-22)27-17-18-36(21-27)26-13-9-24(10-14-26)33-32(38)34-25-11-15-29(16-12-25)39-28-5-3-2-4-6-28/h2-6,9-16,22-23,27,30H,7-8,17-21H2,1H3,(H2,33,34,38)/t22?,23-,27?,30?/m1/s1. The normalized spacial score (nSPS) is 23.5. The van der Waals surface area contributed by atoms with Gasteiger partial charge in [0.25, 0.3) is 0 Å². The third-order valence-corrected chi connectivity index (χ3v) is 8.70. The van der Waals surface area contributed by atoms with Gasteiger partial charge in [-0.15, -0.1) is 0 Å². The number of anilines is 3. The van der Waals surface area contributed by atoms with E-state index in [1.165, 1.54) is 19.3 Å². The fraction of sp³-hybridized carbons (Fsp3) is 0.375. The van der Waals surface area contributed by atoms with Crippen LogP contribution in [0.2, 0.25) is 0 Å². The van der Waals surface area contributed by atoms with E-state index in [1.807, 2.05) is 90.8 Å². The average Bonchev–Trinajstić information content (AvgIpc) is 3.72. The Morgan fingerprint density at radius 3 is 2.13 bits per heavy atom. The number of carbonyl (C=O) groups excluding carboxylic acids is 2. The number of urea groups is 1. The van der Waals surface area contributed by atoms with E-state index < -0.39 is 0 Å². The van der Waals surface area contributed by atoms with Crippen LogP contribution in [0.25, 0.3) is 0 Å². The molecule has 3 amide bonds. The molecule has 1 saturated heterocycles. The minimum absolute atomic E-state index is 0.250. The minimum Gasteiger partial charge on any atom is -0.457 e. The topological polar surface area (TPSA) is 73.9 Å². The summed E-state index contributed by atoms with van der Waals surface area (Å²) in [5, 5.41) is 5.76. The van der Waals surface area contributed by atoms with Gasteiger partial charge in [-0.2, -0.15) is 0 Å². The van der Waals surface area contributed by atoms with Crippen molar-refractivity contribution < 1.29 is 14.3 Å². The number of benzene rings is 3. The van der Waals surface area contributed by atoms with Crippen molar-refractivity contribution in [2.75, 3.05) is 35.7 Å². The minimum atomic E-state index is -0.304. The molecule has 0 spiro atoms. The summed E-state index contributed by atoms with van der Waals surface area (Å²) in [5.74, 6) is 3.48. The van der Waals surface area contributed by atoms with Crippen LogP contribution in [0.4, 0.5) is 21.9 Å².